The van der Waals surface area contributed by atoms with Gasteiger partial charge in [0.05, 0.1) is 0 Å². The Morgan fingerprint density at radius 2 is 1.00 bits per heavy atom. The fourth-order valence-corrected chi connectivity index (χ4v) is 0. The van der Waals surface area contributed by atoms with Crippen LogP contribution in [-0.4, -0.2) is 49.7 Å². The Labute approximate surface area is 132 Å². The van der Waals surface area contributed by atoms with E-state index in [9.17, 15) is 0 Å². The maximum absolute atomic E-state index is 8.89. The molecule has 0 saturated heterocycles. The van der Waals surface area contributed by atoms with Crippen molar-refractivity contribution in [3.8, 4) is 0 Å². The second-order valence-corrected chi connectivity index (χ2v) is 0.983. The van der Waals surface area contributed by atoms with Crippen LogP contribution in [0.25, 0.3) is 0 Å². The largest absolute Gasteiger partial charge is 2.00 e. The minimum absolute atomic E-state index is 0. The van der Waals surface area contributed by atoms with Crippen molar-refractivity contribution < 1.29 is 71.2 Å². The average Bonchev–Trinajstić information content (AvgIpc) is 1.25. The van der Waals surface area contributed by atoms with Crippen LogP contribution in [0.2, 0.25) is 0 Å². The van der Waals surface area contributed by atoms with Crippen molar-refractivity contribution in [2.24, 2.45) is 0 Å². The van der Waals surface area contributed by atoms with E-state index in [0.717, 1.165) is 13.8 Å². The van der Waals surface area contributed by atoms with Gasteiger partial charge >= 0.3 is 89.1 Å². The van der Waals surface area contributed by atoms with Gasteiger partial charge in [-0.25, -0.2) is 0 Å². The van der Waals surface area contributed by atoms with Crippen molar-refractivity contribution in [3.05, 3.63) is 0 Å². The molecular weight excluding hydrogens is 191 g/mol. The van der Waals surface area contributed by atoms with Crippen LogP contribution in [0, 0.1) is 0 Å². The minimum atomic E-state index is -1.08. The molecule has 0 rings (SSSR count). The standard InChI is InChI=1S/2C2H4O2.Ca.K/c2*1-2(3)4;;/h2*1H3,(H,3,4);;/q;;+2;+1/p-2. The van der Waals surface area contributed by atoms with Gasteiger partial charge < -0.3 is 19.8 Å². The molecule has 6 heteroatoms. The van der Waals surface area contributed by atoms with Gasteiger partial charge in [-0.1, -0.05) is 0 Å². The predicted octanol–water partition coefficient (Wildman–Crippen LogP) is -5.86. The van der Waals surface area contributed by atoms with Crippen molar-refractivity contribution in [1.82, 2.24) is 0 Å². The molecule has 0 heterocycles. The molecule has 0 fully saturated rings. The molecular formula is C4H6CaKO4+. The molecule has 0 spiro atoms. The molecule has 0 aromatic rings. The monoisotopic (exact) mass is 197 g/mol. The number of carbonyl (C=O) groups is 2. The molecule has 0 aliphatic rings. The first-order valence-corrected chi connectivity index (χ1v) is 1.82. The van der Waals surface area contributed by atoms with E-state index in [1.165, 1.54) is 0 Å². The van der Waals surface area contributed by atoms with Gasteiger partial charge in [0.15, 0.2) is 0 Å². The second kappa shape index (κ2) is 17.1. The van der Waals surface area contributed by atoms with Gasteiger partial charge in [-0.05, 0) is 13.8 Å². The van der Waals surface area contributed by atoms with E-state index in [1.54, 1.807) is 0 Å². The third kappa shape index (κ3) is 228. The molecule has 0 aliphatic heterocycles. The summed E-state index contributed by atoms with van der Waals surface area (Å²) in [5.41, 5.74) is 0. The summed E-state index contributed by atoms with van der Waals surface area (Å²) in [6.07, 6.45) is 0. The van der Waals surface area contributed by atoms with E-state index < -0.39 is 11.9 Å². The number of aliphatic carboxylic acids is 2. The zero-order valence-corrected chi connectivity index (χ0v) is 11.7. The Bertz CT molecular complexity index is 75.3. The molecule has 0 bridgehead atoms. The summed E-state index contributed by atoms with van der Waals surface area (Å²) in [6, 6.07) is 0. The Balaban J connectivity index is -0.0000000300. The summed E-state index contributed by atoms with van der Waals surface area (Å²) >= 11 is 0. The van der Waals surface area contributed by atoms with E-state index >= 15 is 0 Å². The average molecular weight is 197 g/mol. The molecule has 48 valence electrons. The maximum atomic E-state index is 8.89. The third-order valence-corrected chi connectivity index (χ3v) is 0. The fraction of sp³-hybridized carbons (Fsp3) is 0.500. The van der Waals surface area contributed by atoms with Gasteiger partial charge in [0.2, 0.25) is 0 Å². The molecule has 10 heavy (non-hydrogen) atoms. The van der Waals surface area contributed by atoms with Gasteiger partial charge in [0.25, 0.3) is 0 Å². The molecule has 4 nitrogen and oxygen atoms in total. The van der Waals surface area contributed by atoms with Crippen LogP contribution in [0.5, 0.6) is 0 Å². The minimum Gasteiger partial charge on any atom is -0.550 e. The van der Waals surface area contributed by atoms with E-state index in [0.29, 0.717) is 0 Å². The summed E-state index contributed by atoms with van der Waals surface area (Å²) in [5, 5.41) is 17.8. The molecule has 0 aromatic heterocycles. The van der Waals surface area contributed by atoms with E-state index in [1.807, 2.05) is 0 Å². The van der Waals surface area contributed by atoms with Gasteiger partial charge in [-0.3, -0.25) is 0 Å². The van der Waals surface area contributed by atoms with Gasteiger partial charge in [-0.15, -0.1) is 0 Å². The number of carboxylic acid groups (broad SMARTS) is 2. The van der Waals surface area contributed by atoms with Gasteiger partial charge in [-0.2, -0.15) is 0 Å². The number of carboxylic acids is 2. The van der Waals surface area contributed by atoms with E-state index in [-0.39, 0.29) is 89.1 Å². The topological polar surface area (TPSA) is 80.3 Å². The Kier molecular flexibility index (Phi) is 38.6. The molecule has 0 unspecified atom stereocenters. The van der Waals surface area contributed by atoms with Crippen molar-refractivity contribution in [1.29, 1.82) is 0 Å². The van der Waals surface area contributed by atoms with Crippen LogP contribution in [0.3, 0.4) is 0 Å². The van der Waals surface area contributed by atoms with Crippen LogP contribution in [0.1, 0.15) is 13.8 Å². The Morgan fingerprint density at radius 1 is 1.00 bits per heavy atom. The van der Waals surface area contributed by atoms with Crippen LogP contribution < -0.4 is 61.6 Å². The smallest absolute Gasteiger partial charge is 0.550 e. The molecule has 0 N–H and O–H groups in total. The first-order chi connectivity index (χ1) is 3.46. The summed E-state index contributed by atoms with van der Waals surface area (Å²) in [5.74, 6) is -2.17. The van der Waals surface area contributed by atoms with Gasteiger partial charge in [0, 0.05) is 11.9 Å². The van der Waals surface area contributed by atoms with Crippen molar-refractivity contribution in [2.45, 2.75) is 13.8 Å². The van der Waals surface area contributed by atoms with Crippen LogP contribution in [0.4, 0.5) is 0 Å². The van der Waals surface area contributed by atoms with E-state index in [4.69, 9.17) is 19.8 Å². The number of carbonyl (C=O) groups excluding carboxylic acids is 2. The summed E-state index contributed by atoms with van der Waals surface area (Å²) < 4.78 is 0. The molecule has 0 saturated carbocycles. The van der Waals surface area contributed by atoms with Crippen LogP contribution in [0.15, 0.2) is 0 Å². The molecule has 0 radical (unpaired) electrons. The van der Waals surface area contributed by atoms with Crippen molar-refractivity contribution >= 4 is 49.7 Å². The maximum Gasteiger partial charge on any atom is 2.00 e. The molecule has 0 aromatic carbocycles. The summed E-state index contributed by atoms with van der Waals surface area (Å²) in [7, 11) is 0. The zero-order valence-electron chi connectivity index (χ0n) is 6.34. The predicted molar refractivity (Wildman–Crippen MR) is 27.1 cm³/mol. The van der Waals surface area contributed by atoms with Crippen molar-refractivity contribution in [3.63, 3.8) is 0 Å². The van der Waals surface area contributed by atoms with Crippen molar-refractivity contribution in [2.75, 3.05) is 0 Å². The summed E-state index contributed by atoms with van der Waals surface area (Å²) in [6.45, 7) is 1.94. The van der Waals surface area contributed by atoms with E-state index in [2.05, 4.69) is 0 Å². The zero-order chi connectivity index (χ0) is 7.15. The second-order valence-electron chi connectivity index (χ2n) is 0.983. The third-order valence-electron chi connectivity index (χ3n) is 0. The Morgan fingerprint density at radius 3 is 1.00 bits per heavy atom. The SMILES string of the molecule is CC(=O)[O-].CC(=O)[O-].[Ca+2].[K+]. The van der Waals surface area contributed by atoms with Crippen LogP contribution >= 0.6 is 0 Å². The van der Waals surface area contributed by atoms with Gasteiger partial charge in [0.1, 0.15) is 0 Å². The van der Waals surface area contributed by atoms with Crippen LogP contribution in [-0.2, 0) is 9.59 Å². The number of hydrogen-bond donors (Lipinski definition) is 0. The first-order valence-electron chi connectivity index (χ1n) is 1.82. The Hall–Kier alpha value is 1.84. The normalized spacial score (nSPS) is 5.00. The fourth-order valence-electron chi connectivity index (χ4n) is 0. The first kappa shape index (κ1) is 22.6. The quantitative estimate of drug-likeness (QED) is 0.362. The summed E-state index contributed by atoms with van der Waals surface area (Å²) in [4.78, 5) is 17.8. The molecule has 0 amide bonds. The molecule has 0 atom stereocenters. The number of hydrogen-bond acceptors (Lipinski definition) is 4. The number of rotatable bonds is 0. The molecule has 0 aliphatic carbocycles.